The van der Waals surface area contributed by atoms with Gasteiger partial charge < -0.3 is 4.90 Å². The van der Waals surface area contributed by atoms with E-state index in [1.165, 1.54) is 19.3 Å². The van der Waals surface area contributed by atoms with Gasteiger partial charge in [-0.25, -0.2) is 14.6 Å². The van der Waals surface area contributed by atoms with Crippen molar-refractivity contribution in [2.24, 2.45) is 7.05 Å². The molecule has 0 saturated carbocycles. The molecule has 18 heavy (non-hydrogen) atoms. The first-order valence-electron chi connectivity index (χ1n) is 6.58. The molecule has 0 N–H and O–H groups in total. The highest BCUT2D eigenvalue weighted by Gasteiger charge is 2.25. The molecule has 3 heterocycles. The molecule has 3 rings (SSSR count). The predicted molar refractivity (Wildman–Crippen MR) is 69.4 cm³/mol. The summed E-state index contributed by atoms with van der Waals surface area (Å²) < 4.78 is 1.70. The minimum Gasteiger partial charge on any atom is -0.352 e. The second-order valence-electron chi connectivity index (χ2n) is 4.83. The molecule has 6 heteroatoms. The third-order valence-electron chi connectivity index (χ3n) is 3.74. The van der Waals surface area contributed by atoms with Crippen molar-refractivity contribution in [2.45, 2.75) is 38.6 Å². The molecule has 0 aromatic carbocycles. The molecule has 6 nitrogen and oxygen atoms in total. The first-order valence-corrected chi connectivity index (χ1v) is 6.58. The number of anilines is 1. The van der Waals surface area contributed by atoms with Gasteiger partial charge in [0.05, 0.1) is 0 Å². The van der Waals surface area contributed by atoms with Crippen LogP contribution in [0.15, 0.2) is 6.33 Å². The third kappa shape index (κ3) is 1.72. The van der Waals surface area contributed by atoms with Crippen LogP contribution in [-0.4, -0.2) is 37.5 Å². The number of piperidine rings is 1. The average Bonchev–Trinajstić information content (AvgIpc) is 2.81. The van der Waals surface area contributed by atoms with Gasteiger partial charge in [0.15, 0.2) is 17.0 Å². The monoisotopic (exact) mass is 246 g/mol. The van der Waals surface area contributed by atoms with Crippen LogP contribution in [0.5, 0.6) is 0 Å². The van der Waals surface area contributed by atoms with Gasteiger partial charge in [0.2, 0.25) is 0 Å². The summed E-state index contributed by atoms with van der Waals surface area (Å²) in [6, 6.07) is 0.568. The van der Waals surface area contributed by atoms with Crippen LogP contribution in [0.25, 0.3) is 11.2 Å². The van der Waals surface area contributed by atoms with Crippen LogP contribution in [-0.2, 0) is 7.05 Å². The lowest BCUT2D eigenvalue weighted by molar-refractivity contribution is 0.447. The van der Waals surface area contributed by atoms with Gasteiger partial charge in [0.25, 0.3) is 0 Å². The van der Waals surface area contributed by atoms with Gasteiger partial charge in [-0.2, -0.15) is 0 Å². The fraction of sp³-hybridized carbons (Fsp3) is 0.667. The maximum atomic E-state index is 4.44. The van der Waals surface area contributed by atoms with Crippen LogP contribution in [0.1, 0.15) is 32.6 Å². The van der Waals surface area contributed by atoms with Gasteiger partial charge in [-0.3, -0.25) is 0 Å². The Morgan fingerprint density at radius 3 is 3.06 bits per heavy atom. The highest BCUT2D eigenvalue weighted by Crippen LogP contribution is 2.28. The van der Waals surface area contributed by atoms with E-state index >= 15 is 0 Å². The number of rotatable bonds is 2. The van der Waals surface area contributed by atoms with Crippen molar-refractivity contribution in [3.05, 3.63) is 6.33 Å². The van der Waals surface area contributed by atoms with E-state index in [9.17, 15) is 0 Å². The second-order valence-corrected chi connectivity index (χ2v) is 4.83. The summed E-state index contributed by atoms with van der Waals surface area (Å²) >= 11 is 0. The largest absolute Gasteiger partial charge is 0.352 e. The van der Waals surface area contributed by atoms with Crippen molar-refractivity contribution in [3.63, 3.8) is 0 Å². The van der Waals surface area contributed by atoms with Gasteiger partial charge in [0.1, 0.15) is 6.33 Å². The van der Waals surface area contributed by atoms with Crippen molar-refractivity contribution in [1.29, 1.82) is 0 Å². The van der Waals surface area contributed by atoms with Gasteiger partial charge in [-0.15, -0.1) is 5.10 Å². The first-order chi connectivity index (χ1) is 8.81. The van der Waals surface area contributed by atoms with Crippen molar-refractivity contribution >= 4 is 17.0 Å². The Labute approximate surface area is 106 Å². The molecule has 1 unspecified atom stereocenters. The molecule has 0 amide bonds. The summed E-state index contributed by atoms with van der Waals surface area (Å²) in [7, 11) is 1.86. The maximum Gasteiger partial charge on any atom is 0.183 e. The fourth-order valence-corrected chi connectivity index (χ4v) is 2.76. The van der Waals surface area contributed by atoms with Gasteiger partial charge in [0, 0.05) is 19.6 Å². The molecule has 1 fully saturated rings. The lowest BCUT2D eigenvalue weighted by Crippen LogP contribution is -2.39. The Bertz CT molecular complexity index is 548. The lowest BCUT2D eigenvalue weighted by atomic mass is 10.00. The molecule has 96 valence electrons. The fourth-order valence-electron chi connectivity index (χ4n) is 2.76. The molecule has 0 radical (unpaired) electrons. The van der Waals surface area contributed by atoms with Crippen LogP contribution in [0.2, 0.25) is 0 Å². The van der Waals surface area contributed by atoms with Crippen LogP contribution in [0.4, 0.5) is 5.82 Å². The van der Waals surface area contributed by atoms with E-state index in [0.717, 1.165) is 29.9 Å². The smallest absolute Gasteiger partial charge is 0.183 e. The minimum absolute atomic E-state index is 0.568. The molecule has 2 aromatic heterocycles. The van der Waals surface area contributed by atoms with Crippen LogP contribution >= 0.6 is 0 Å². The SMILES string of the molecule is CCC1CCCCN1c1ncnc2c1nnn2C. The van der Waals surface area contributed by atoms with Crippen molar-refractivity contribution in [2.75, 3.05) is 11.4 Å². The Morgan fingerprint density at radius 2 is 2.22 bits per heavy atom. The molecule has 1 aliphatic heterocycles. The molecule has 0 bridgehead atoms. The molecular weight excluding hydrogens is 228 g/mol. The highest BCUT2D eigenvalue weighted by molar-refractivity contribution is 5.82. The average molecular weight is 246 g/mol. The van der Waals surface area contributed by atoms with E-state index in [1.54, 1.807) is 11.0 Å². The number of aromatic nitrogens is 5. The summed E-state index contributed by atoms with van der Waals surface area (Å²) in [6.45, 7) is 3.29. The maximum absolute atomic E-state index is 4.44. The zero-order valence-electron chi connectivity index (χ0n) is 10.9. The quantitative estimate of drug-likeness (QED) is 0.804. The third-order valence-corrected chi connectivity index (χ3v) is 3.74. The topological polar surface area (TPSA) is 59.7 Å². The van der Waals surface area contributed by atoms with Crippen molar-refractivity contribution in [3.8, 4) is 0 Å². The molecule has 0 aliphatic carbocycles. The summed E-state index contributed by atoms with van der Waals surface area (Å²) in [5.41, 5.74) is 1.63. The number of nitrogens with zero attached hydrogens (tertiary/aromatic N) is 6. The number of fused-ring (bicyclic) bond motifs is 1. The Morgan fingerprint density at radius 1 is 1.33 bits per heavy atom. The Balaban J connectivity index is 2.07. The van der Waals surface area contributed by atoms with Gasteiger partial charge in [-0.05, 0) is 25.7 Å². The second kappa shape index (κ2) is 4.51. The molecular formula is C12H18N6. The van der Waals surface area contributed by atoms with E-state index in [4.69, 9.17) is 0 Å². The standard InChI is InChI=1S/C12H18N6/c1-3-9-6-4-5-7-18(9)12-10-11(13-8-14-12)17(2)16-15-10/h8-9H,3-7H2,1-2H3. The van der Waals surface area contributed by atoms with Crippen molar-refractivity contribution < 1.29 is 0 Å². The van der Waals surface area contributed by atoms with Crippen LogP contribution in [0.3, 0.4) is 0 Å². The van der Waals surface area contributed by atoms with Gasteiger partial charge >= 0.3 is 0 Å². The number of hydrogen-bond donors (Lipinski definition) is 0. The van der Waals surface area contributed by atoms with Crippen LogP contribution in [0, 0.1) is 0 Å². The molecule has 1 atom stereocenters. The molecule has 1 saturated heterocycles. The number of hydrogen-bond acceptors (Lipinski definition) is 5. The van der Waals surface area contributed by atoms with Gasteiger partial charge in [-0.1, -0.05) is 12.1 Å². The molecule has 1 aliphatic rings. The summed E-state index contributed by atoms with van der Waals surface area (Å²) in [6.07, 6.45) is 6.53. The normalized spacial score (nSPS) is 20.6. The van der Waals surface area contributed by atoms with Crippen molar-refractivity contribution in [1.82, 2.24) is 25.0 Å². The molecule has 2 aromatic rings. The summed E-state index contributed by atoms with van der Waals surface area (Å²) in [4.78, 5) is 11.1. The van der Waals surface area contributed by atoms with E-state index in [-0.39, 0.29) is 0 Å². The zero-order chi connectivity index (χ0) is 12.5. The lowest BCUT2D eigenvalue weighted by Gasteiger charge is -2.35. The Kier molecular flexibility index (Phi) is 2.85. The number of aryl methyl sites for hydroxylation is 1. The first kappa shape index (κ1) is 11.4. The Hall–Kier alpha value is -1.72. The zero-order valence-corrected chi connectivity index (χ0v) is 10.9. The van der Waals surface area contributed by atoms with E-state index < -0.39 is 0 Å². The summed E-state index contributed by atoms with van der Waals surface area (Å²) in [5.74, 6) is 0.944. The van der Waals surface area contributed by atoms with E-state index in [1.807, 2.05) is 7.05 Å². The van der Waals surface area contributed by atoms with E-state index in [2.05, 4.69) is 32.1 Å². The predicted octanol–water partition coefficient (Wildman–Crippen LogP) is 1.53. The minimum atomic E-state index is 0.568. The molecule has 0 spiro atoms. The van der Waals surface area contributed by atoms with E-state index in [0.29, 0.717) is 6.04 Å². The summed E-state index contributed by atoms with van der Waals surface area (Å²) in [5, 5.41) is 8.25. The van der Waals surface area contributed by atoms with Crippen LogP contribution < -0.4 is 4.90 Å². The highest BCUT2D eigenvalue weighted by atomic mass is 15.4.